The van der Waals surface area contributed by atoms with Gasteiger partial charge >= 0.3 is 12.1 Å². The van der Waals surface area contributed by atoms with Crippen LogP contribution < -0.4 is 5.32 Å². The highest BCUT2D eigenvalue weighted by atomic mass is 35.5. The van der Waals surface area contributed by atoms with Crippen molar-refractivity contribution in [3.63, 3.8) is 0 Å². The van der Waals surface area contributed by atoms with Crippen molar-refractivity contribution in [1.82, 2.24) is 24.7 Å². The van der Waals surface area contributed by atoms with Gasteiger partial charge in [0.15, 0.2) is 5.82 Å². The summed E-state index contributed by atoms with van der Waals surface area (Å²) in [6, 6.07) is 3.48. The fourth-order valence-electron chi connectivity index (χ4n) is 2.95. The Morgan fingerprint density at radius 1 is 1.18 bits per heavy atom. The van der Waals surface area contributed by atoms with Crippen LogP contribution in [-0.4, -0.2) is 42.4 Å². The highest BCUT2D eigenvalue weighted by Crippen LogP contribution is 2.25. The molecule has 0 aliphatic carbocycles. The summed E-state index contributed by atoms with van der Waals surface area (Å²) in [5, 5.41) is 7.08. The molecule has 0 aliphatic heterocycles. The Morgan fingerprint density at radius 2 is 1.88 bits per heavy atom. The van der Waals surface area contributed by atoms with Crippen molar-refractivity contribution in [2.24, 2.45) is 7.05 Å². The topological polar surface area (TPSA) is 121 Å². The molecule has 174 valence electrons. The van der Waals surface area contributed by atoms with Gasteiger partial charge in [0.2, 0.25) is 0 Å². The minimum atomic E-state index is -0.621. The lowest BCUT2D eigenvalue weighted by Crippen LogP contribution is -2.27. The van der Waals surface area contributed by atoms with Gasteiger partial charge in [0.25, 0.3) is 0 Å². The Kier molecular flexibility index (Phi) is 7.27. The number of hydrogen-bond acceptors (Lipinski definition) is 8. The average molecular weight is 473 g/mol. The van der Waals surface area contributed by atoms with Crippen molar-refractivity contribution in [3.8, 4) is 11.4 Å². The normalized spacial score (nSPS) is 12.2. The summed E-state index contributed by atoms with van der Waals surface area (Å²) in [6.45, 7) is 7.04. The summed E-state index contributed by atoms with van der Waals surface area (Å²) >= 11 is 6.08. The van der Waals surface area contributed by atoms with Gasteiger partial charge in [-0.3, -0.25) is 14.8 Å². The third-order valence-corrected chi connectivity index (χ3v) is 4.76. The van der Waals surface area contributed by atoms with Crippen molar-refractivity contribution in [1.29, 1.82) is 0 Å². The third-order valence-electron chi connectivity index (χ3n) is 4.45. The zero-order valence-corrected chi connectivity index (χ0v) is 19.8. The fourth-order valence-corrected chi connectivity index (χ4v) is 3.23. The summed E-state index contributed by atoms with van der Waals surface area (Å²) in [5.74, 6) is -0.112. The first-order valence-corrected chi connectivity index (χ1v) is 10.5. The quantitative estimate of drug-likeness (QED) is 0.420. The molecule has 3 aromatic heterocycles. The predicted molar refractivity (Wildman–Crippen MR) is 122 cm³/mol. The summed E-state index contributed by atoms with van der Waals surface area (Å²) in [7, 11) is 1.71. The van der Waals surface area contributed by atoms with Gasteiger partial charge in [0, 0.05) is 18.8 Å². The number of nitrogens with zero attached hydrogens (tertiary/aromatic N) is 5. The standard InChI is InChI=1S/C22H25ClN6O4/c1-13(15-7-6-8-24-19(15)23)32-18(30)9-17-16(12-27-29(17)5)20-25-10-14(11-26-20)28-21(31)33-22(2,3)4/h6-8,10-13H,9H2,1-5H3,(H,28,31)/t13-/m1/s1. The molecule has 1 amide bonds. The van der Waals surface area contributed by atoms with Crippen molar-refractivity contribution >= 4 is 29.4 Å². The monoisotopic (exact) mass is 472 g/mol. The summed E-state index contributed by atoms with van der Waals surface area (Å²) in [6.07, 6.45) is 4.82. The van der Waals surface area contributed by atoms with Crippen LogP contribution in [0.2, 0.25) is 5.15 Å². The molecule has 1 N–H and O–H groups in total. The van der Waals surface area contributed by atoms with Crippen LogP contribution in [-0.2, 0) is 27.7 Å². The van der Waals surface area contributed by atoms with E-state index in [1.54, 1.807) is 64.0 Å². The molecule has 3 aromatic rings. The van der Waals surface area contributed by atoms with Gasteiger partial charge in [-0.15, -0.1) is 0 Å². The maximum atomic E-state index is 12.6. The number of carbonyl (C=O) groups excluding carboxylic acids is 2. The van der Waals surface area contributed by atoms with E-state index in [0.717, 1.165) is 0 Å². The van der Waals surface area contributed by atoms with E-state index in [-0.39, 0.29) is 11.6 Å². The molecule has 0 saturated carbocycles. The SMILES string of the molecule is C[C@@H](OC(=O)Cc1c(-c2ncc(NC(=O)OC(C)(C)C)cn2)cnn1C)c1cccnc1Cl. The summed E-state index contributed by atoms with van der Waals surface area (Å²) in [4.78, 5) is 37.1. The Morgan fingerprint density at radius 3 is 2.52 bits per heavy atom. The van der Waals surface area contributed by atoms with E-state index in [1.807, 2.05) is 0 Å². The minimum Gasteiger partial charge on any atom is -0.457 e. The second kappa shape index (κ2) is 9.95. The van der Waals surface area contributed by atoms with Gasteiger partial charge in [-0.05, 0) is 33.8 Å². The zero-order chi connectivity index (χ0) is 24.2. The molecule has 3 rings (SSSR count). The number of amides is 1. The number of carbonyl (C=O) groups is 2. The van der Waals surface area contributed by atoms with Gasteiger partial charge < -0.3 is 9.47 Å². The summed E-state index contributed by atoms with van der Waals surface area (Å²) < 4.78 is 12.3. The molecule has 0 bridgehead atoms. The molecule has 33 heavy (non-hydrogen) atoms. The second-order valence-electron chi connectivity index (χ2n) is 8.24. The molecule has 0 radical (unpaired) electrons. The van der Waals surface area contributed by atoms with E-state index >= 15 is 0 Å². The summed E-state index contributed by atoms with van der Waals surface area (Å²) in [5.41, 5.74) is 1.53. The number of halogens is 1. The maximum absolute atomic E-state index is 12.6. The molecule has 0 spiro atoms. The minimum absolute atomic E-state index is 0.0463. The van der Waals surface area contributed by atoms with E-state index in [2.05, 4.69) is 25.4 Å². The highest BCUT2D eigenvalue weighted by Gasteiger charge is 2.21. The van der Waals surface area contributed by atoms with Gasteiger partial charge in [0.1, 0.15) is 16.9 Å². The largest absolute Gasteiger partial charge is 0.457 e. The Balaban J connectivity index is 1.70. The molecule has 0 aliphatic rings. The van der Waals surface area contributed by atoms with Crippen LogP contribution in [0.1, 0.15) is 45.1 Å². The first kappa shape index (κ1) is 24.1. The smallest absolute Gasteiger partial charge is 0.412 e. The number of ether oxygens (including phenoxy) is 2. The number of rotatable bonds is 6. The fraction of sp³-hybridized carbons (Fsp3) is 0.364. The first-order valence-electron chi connectivity index (χ1n) is 10.2. The van der Waals surface area contributed by atoms with Crippen molar-refractivity contribution in [2.45, 2.75) is 45.8 Å². The second-order valence-corrected chi connectivity index (χ2v) is 8.60. The van der Waals surface area contributed by atoms with Crippen LogP contribution in [0.15, 0.2) is 36.9 Å². The lowest BCUT2D eigenvalue weighted by Gasteiger charge is -2.19. The van der Waals surface area contributed by atoms with Crippen LogP contribution in [0.3, 0.4) is 0 Å². The van der Waals surface area contributed by atoms with E-state index in [1.165, 1.54) is 12.4 Å². The number of hydrogen-bond donors (Lipinski definition) is 1. The highest BCUT2D eigenvalue weighted by molar-refractivity contribution is 6.30. The van der Waals surface area contributed by atoms with Gasteiger partial charge in [-0.1, -0.05) is 17.7 Å². The molecule has 0 saturated heterocycles. The first-order chi connectivity index (χ1) is 15.5. The number of esters is 1. The molecular weight excluding hydrogens is 448 g/mol. The lowest BCUT2D eigenvalue weighted by atomic mass is 10.1. The number of aryl methyl sites for hydroxylation is 1. The van der Waals surface area contributed by atoms with E-state index in [9.17, 15) is 9.59 Å². The number of pyridine rings is 1. The van der Waals surface area contributed by atoms with Gasteiger partial charge in [-0.25, -0.2) is 19.7 Å². The number of aromatic nitrogens is 5. The van der Waals surface area contributed by atoms with Gasteiger partial charge in [-0.2, -0.15) is 5.10 Å². The Labute approximate surface area is 196 Å². The molecule has 11 heteroatoms. The van der Waals surface area contributed by atoms with E-state index in [4.69, 9.17) is 21.1 Å². The van der Waals surface area contributed by atoms with E-state index < -0.39 is 23.8 Å². The van der Waals surface area contributed by atoms with Crippen molar-refractivity contribution in [2.75, 3.05) is 5.32 Å². The van der Waals surface area contributed by atoms with Crippen LogP contribution in [0.25, 0.3) is 11.4 Å². The zero-order valence-electron chi connectivity index (χ0n) is 19.0. The molecule has 0 aromatic carbocycles. The van der Waals surface area contributed by atoms with Crippen molar-refractivity contribution in [3.05, 3.63) is 53.3 Å². The molecular formula is C22H25ClN6O4. The van der Waals surface area contributed by atoms with Crippen LogP contribution >= 0.6 is 11.6 Å². The molecule has 1 atom stereocenters. The Bertz CT molecular complexity index is 1140. The van der Waals surface area contributed by atoms with Crippen molar-refractivity contribution < 1.29 is 19.1 Å². The average Bonchev–Trinajstić information content (AvgIpc) is 3.07. The number of nitrogens with one attached hydrogen (secondary N) is 1. The maximum Gasteiger partial charge on any atom is 0.412 e. The molecule has 3 heterocycles. The molecule has 0 fully saturated rings. The van der Waals surface area contributed by atoms with Crippen LogP contribution in [0.4, 0.5) is 10.5 Å². The third kappa shape index (κ3) is 6.48. The van der Waals surface area contributed by atoms with E-state index in [0.29, 0.717) is 28.3 Å². The van der Waals surface area contributed by atoms with Crippen LogP contribution in [0.5, 0.6) is 0 Å². The lowest BCUT2D eigenvalue weighted by molar-refractivity contribution is -0.147. The van der Waals surface area contributed by atoms with Crippen LogP contribution in [0, 0.1) is 0 Å². The molecule has 0 unspecified atom stereocenters. The molecule has 10 nitrogen and oxygen atoms in total. The predicted octanol–water partition coefficient (Wildman–Crippen LogP) is 4.12. The van der Waals surface area contributed by atoms with Gasteiger partial charge in [0.05, 0.1) is 42.0 Å². The number of anilines is 1. The Hall–Kier alpha value is -3.53.